The van der Waals surface area contributed by atoms with Crippen LogP contribution >= 0.6 is 0 Å². The summed E-state index contributed by atoms with van der Waals surface area (Å²) in [5, 5.41) is 58.3. The summed E-state index contributed by atoms with van der Waals surface area (Å²) in [4.78, 5) is 17.0. The topological polar surface area (TPSA) is 322 Å². The molecule has 0 radical (unpaired) electrons. The van der Waals surface area contributed by atoms with E-state index in [9.17, 15) is 25.2 Å². The Hall–Kier alpha value is -1.62. The molecule has 3 rings (SSSR count). The van der Waals surface area contributed by atoms with Crippen LogP contribution < -0.4 is 39.3 Å². The lowest BCUT2D eigenvalue weighted by molar-refractivity contribution is -0.307. The van der Waals surface area contributed by atoms with Crippen LogP contribution in [0.25, 0.3) is 0 Å². The molecule has 2 heterocycles. The summed E-state index contributed by atoms with van der Waals surface area (Å²) >= 11 is 0. The molecule has 1 saturated carbocycles. The van der Waals surface area contributed by atoms with Gasteiger partial charge in [0.15, 0.2) is 18.2 Å². The molecule has 17 N–H and O–H groups in total. The number of aliphatic imine (C=N–C) groups is 1. The molecule has 0 bridgehead atoms. The van der Waals surface area contributed by atoms with Gasteiger partial charge in [-0.1, -0.05) is 0 Å². The minimum Gasteiger partial charge on any atom is -0.388 e. The molecule has 3 fully saturated rings. The van der Waals surface area contributed by atoms with Gasteiger partial charge < -0.3 is 83.8 Å². The highest BCUT2D eigenvalue weighted by Gasteiger charge is 2.52. The van der Waals surface area contributed by atoms with Gasteiger partial charge in [-0.05, 0) is 33.2 Å². The quantitative estimate of drug-likeness (QED) is 0.0710. The Kier molecular flexibility index (Phi) is 12.6. The van der Waals surface area contributed by atoms with Crippen molar-refractivity contribution in [2.45, 2.75) is 105 Å². The van der Waals surface area contributed by atoms with Crippen LogP contribution in [0.4, 0.5) is 0 Å². The summed E-state index contributed by atoms with van der Waals surface area (Å²) in [6.45, 7) is 0.104. The first-order valence-electron chi connectivity index (χ1n) is 14.4. The largest absolute Gasteiger partial charge is 0.388 e. The van der Waals surface area contributed by atoms with E-state index in [0.717, 1.165) is 0 Å². The van der Waals surface area contributed by atoms with Crippen LogP contribution in [0.3, 0.4) is 0 Å². The molecule has 0 spiro atoms. The molecule has 0 aromatic heterocycles. The second kappa shape index (κ2) is 15.1. The van der Waals surface area contributed by atoms with Crippen LogP contribution in [0.15, 0.2) is 4.99 Å². The summed E-state index contributed by atoms with van der Waals surface area (Å²) in [7, 11) is 1.55. The summed E-state index contributed by atoms with van der Waals surface area (Å²) in [6.07, 6.45) is -7.04. The van der Waals surface area contributed by atoms with Crippen molar-refractivity contribution in [2.24, 2.45) is 33.7 Å². The molecule has 1 aliphatic carbocycles. The molecule has 1 amide bonds. The van der Waals surface area contributed by atoms with E-state index in [4.69, 9.17) is 52.7 Å². The van der Waals surface area contributed by atoms with Crippen LogP contribution in [-0.4, -0.2) is 156 Å². The zero-order chi connectivity index (χ0) is 32.1. The predicted molar refractivity (Wildman–Crippen MR) is 152 cm³/mol. The maximum Gasteiger partial charge on any atom is 0.254 e. The number of carbonyl (C=O) groups excluding carboxylic acids is 1. The number of ether oxygens (including phenoxy) is 4. The number of carbonyl (C=O) groups is 1. The van der Waals surface area contributed by atoms with Crippen molar-refractivity contribution in [1.82, 2.24) is 10.6 Å². The first-order chi connectivity index (χ1) is 20.2. The van der Waals surface area contributed by atoms with Gasteiger partial charge in [0.2, 0.25) is 0 Å². The Bertz CT molecular complexity index is 944. The highest BCUT2D eigenvalue weighted by molar-refractivity contribution is 5.85. The molecule has 2 aliphatic heterocycles. The fourth-order valence-electron chi connectivity index (χ4n) is 5.59. The van der Waals surface area contributed by atoms with E-state index in [-0.39, 0.29) is 25.4 Å². The number of rotatable bonds is 12. The lowest BCUT2D eigenvalue weighted by Crippen LogP contribution is -2.70. The molecule has 0 aromatic carbocycles. The fourth-order valence-corrected chi connectivity index (χ4v) is 5.59. The van der Waals surface area contributed by atoms with Gasteiger partial charge in [0, 0.05) is 19.1 Å². The average molecular weight is 623 g/mol. The molecule has 250 valence electrons. The number of hydrogen-bond acceptors (Lipinski definition) is 16. The van der Waals surface area contributed by atoms with Crippen molar-refractivity contribution in [3.63, 3.8) is 0 Å². The summed E-state index contributed by atoms with van der Waals surface area (Å²) < 4.78 is 23.8. The third kappa shape index (κ3) is 8.35. The molecule has 12 atom stereocenters. The van der Waals surface area contributed by atoms with E-state index >= 15 is 0 Å². The number of nitrogens with two attached hydrogens (primary N) is 5. The second-order valence-electron chi connectivity index (χ2n) is 11.8. The van der Waals surface area contributed by atoms with E-state index in [1.807, 2.05) is 0 Å². The third-order valence-corrected chi connectivity index (χ3v) is 8.31. The SMILES string of the molecule is CNC1C(O)C(OC2C(NC(=O)C(O)(CN)CN)CC(N)C(OC3OC(CN=C(N)CO)CCC3N)C2O)OCC1(C)O. The smallest absolute Gasteiger partial charge is 0.254 e. The molecule has 3 aliphatic rings. The first kappa shape index (κ1) is 35.9. The zero-order valence-corrected chi connectivity index (χ0v) is 24.6. The molecule has 2 saturated heterocycles. The lowest BCUT2D eigenvalue weighted by atomic mass is 9.83. The summed E-state index contributed by atoms with van der Waals surface area (Å²) in [5.74, 6) is -0.849. The van der Waals surface area contributed by atoms with Gasteiger partial charge in [-0.3, -0.25) is 9.79 Å². The van der Waals surface area contributed by atoms with E-state index in [1.165, 1.54) is 6.92 Å². The maximum absolute atomic E-state index is 13.0. The molecule has 43 heavy (non-hydrogen) atoms. The van der Waals surface area contributed by atoms with Crippen molar-refractivity contribution >= 4 is 11.7 Å². The number of nitrogens with zero attached hydrogens (tertiary/aromatic N) is 1. The van der Waals surface area contributed by atoms with Crippen LogP contribution in [0.5, 0.6) is 0 Å². The summed E-state index contributed by atoms with van der Waals surface area (Å²) in [6, 6.07) is -3.33. The number of aliphatic hydroxyl groups excluding tert-OH is 3. The van der Waals surface area contributed by atoms with Gasteiger partial charge in [0.05, 0.1) is 37.4 Å². The van der Waals surface area contributed by atoms with Gasteiger partial charge in [-0.15, -0.1) is 0 Å². The Balaban J connectivity index is 1.83. The Labute approximate surface area is 250 Å². The van der Waals surface area contributed by atoms with E-state index in [1.54, 1.807) is 7.05 Å². The fraction of sp³-hybridized carbons (Fsp3) is 0.920. The minimum absolute atomic E-state index is 0.0118. The Morgan fingerprint density at radius 2 is 1.74 bits per heavy atom. The Morgan fingerprint density at radius 3 is 2.35 bits per heavy atom. The van der Waals surface area contributed by atoms with Gasteiger partial charge in [-0.2, -0.15) is 0 Å². The minimum atomic E-state index is -2.09. The standard InChI is InChI=1S/C25H50N8O10/c1-24(38)10-40-22(17(36)20(24)31-2)43-19-14(33-23(37)25(39,8-26)9-27)5-13(29)18(16(19)35)42-21-12(28)4-3-11(41-21)6-32-15(30)7-34/h11-14,16-22,31,34-36,38-39H,3-10,26-29H2,1-2H3,(H2,30,32)(H,33,37). The van der Waals surface area contributed by atoms with Gasteiger partial charge in [-0.25, -0.2) is 0 Å². The molecule has 18 heteroatoms. The maximum atomic E-state index is 13.0. The van der Waals surface area contributed by atoms with E-state index < -0.39 is 104 Å². The van der Waals surface area contributed by atoms with Crippen molar-refractivity contribution in [2.75, 3.05) is 39.9 Å². The Morgan fingerprint density at radius 1 is 1.09 bits per heavy atom. The van der Waals surface area contributed by atoms with Crippen molar-refractivity contribution in [1.29, 1.82) is 0 Å². The van der Waals surface area contributed by atoms with Crippen molar-refractivity contribution in [3.05, 3.63) is 0 Å². The van der Waals surface area contributed by atoms with Crippen molar-refractivity contribution in [3.8, 4) is 0 Å². The van der Waals surface area contributed by atoms with Crippen LogP contribution in [0.2, 0.25) is 0 Å². The lowest BCUT2D eigenvalue weighted by Gasteiger charge is -2.49. The zero-order valence-electron chi connectivity index (χ0n) is 24.6. The van der Waals surface area contributed by atoms with Crippen molar-refractivity contribution < 1.29 is 49.3 Å². The molecule has 18 nitrogen and oxygen atoms in total. The molecule has 0 aromatic rings. The number of amidine groups is 1. The first-order valence-corrected chi connectivity index (χ1v) is 14.4. The highest BCUT2D eigenvalue weighted by Crippen LogP contribution is 2.32. The van der Waals surface area contributed by atoms with Crippen LogP contribution in [0, 0.1) is 0 Å². The predicted octanol–water partition coefficient (Wildman–Crippen LogP) is -6.78. The van der Waals surface area contributed by atoms with Gasteiger partial charge in [0.25, 0.3) is 5.91 Å². The number of amides is 1. The van der Waals surface area contributed by atoms with Crippen LogP contribution in [0.1, 0.15) is 26.2 Å². The average Bonchev–Trinajstić information content (AvgIpc) is 2.97. The van der Waals surface area contributed by atoms with Gasteiger partial charge >= 0.3 is 0 Å². The second-order valence-corrected chi connectivity index (χ2v) is 11.8. The number of nitrogens with one attached hydrogen (secondary N) is 2. The number of hydrogen-bond donors (Lipinski definition) is 12. The summed E-state index contributed by atoms with van der Waals surface area (Å²) in [5.41, 5.74) is 25.9. The van der Waals surface area contributed by atoms with Gasteiger partial charge in [0.1, 0.15) is 42.5 Å². The van der Waals surface area contributed by atoms with E-state index in [2.05, 4.69) is 15.6 Å². The monoisotopic (exact) mass is 622 g/mol. The molecular weight excluding hydrogens is 572 g/mol. The highest BCUT2D eigenvalue weighted by atomic mass is 16.7. The third-order valence-electron chi connectivity index (χ3n) is 8.31. The number of aliphatic hydroxyl groups is 5. The number of likely N-dealkylation sites (N-methyl/N-ethyl adjacent to an activating group) is 1. The molecular formula is C25H50N8O10. The van der Waals surface area contributed by atoms with E-state index in [0.29, 0.717) is 12.8 Å². The van der Waals surface area contributed by atoms with Crippen LogP contribution in [-0.2, 0) is 23.7 Å². The molecule has 12 unspecified atom stereocenters. The normalized spacial score (nSPS) is 41.2.